The maximum Gasteiger partial charge on any atom is 0.0634 e. The third-order valence-corrected chi connectivity index (χ3v) is 15.2. The molecule has 0 saturated carbocycles. The van der Waals surface area contributed by atoms with Crippen molar-refractivity contribution in [1.82, 2.24) is 4.57 Å². The molecule has 1 aliphatic carbocycles. The largest absolute Gasteiger partial charge is 0.310 e. The summed E-state index contributed by atoms with van der Waals surface area (Å²) in [5, 5.41) is 5.07. The first-order chi connectivity index (χ1) is 32.5. The number of hydrogen-bond donors (Lipinski definition) is 0. The molecule has 0 spiro atoms. The molecular formula is C63H44N2S. The van der Waals surface area contributed by atoms with E-state index in [2.05, 4.69) is 254 Å². The van der Waals surface area contributed by atoms with E-state index < -0.39 is 0 Å². The van der Waals surface area contributed by atoms with Crippen LogP contribution in [0.15, 0.2) is 231 Å². The molecule has 312 valence electrons. The lowest BCUT2D eigenvalue weighted by Gasteiger charge is -2.28. The van der Waals surface area contributed by atoms with Gasteiger partial charge in [-0.15, -0.1) is 11.3 Å². The Morgan fingerprint density at radius 2 is 1.00 bits per heavy atom. The van der Waals surface area contributed by atoms with Crippen molar-refractivity contribution in [2.24, 2.45) is 0 Å². The molecular weight excluding hydrogens is 817 g/mol. The average Bonchev–Trinajstić information content (AvgIpc) is 4.00. The van der Waals surface area contributed by atoms with Gasteiger partial charge in [-0.1, -0.05) is 178 Å². The second-order valence-corrected chi connectivity index (χ2v) is 19.1. The van der Waals surface area contributed by atoms with Crippen molar-refractivity contribution in [2.75, 3.05) is 4.90 Å². The van der Waals surface area contributed by atoms with E-state index in [-0.39, 0.29) is 5.41 Å². The highest BCUT2D eigenvalue weighted by Crippen LogP contribution is 2.52. The lowest BCUT2D eigenvalue weighted by atomic mass is 9.82. The van der Waals surface area contributed by atoms with Crippen LogP contribution in [0.1, 0.15) is 25.0 Å². The normalized spacial score (nSPS) is 12.8. The van der Waals surface area contributed by atoms with Crippen molar-refractivity contribution in [3.05, 3.63) is 242 Å². The fourth-order valence-electron chi connectivity index (χ4n) is 10.8. The molecule has 2 aromatic heterocycles. The predicted molar refractivity (Wildman–Crippen MR) is 282 cm³/mol. The minimum Gasteiger partial charge on any atom is -0.310 e. The van der Waals surface area contributed by atoms with Crippen molar-refractivity contribution in [2.45, 2.75) is 19.3 Å². The molecule has 0 radical (unpaired) electrons. The van der Waals surface area contributed by atoms with Crippen molar-refractivity contribution in [3.8, 4) is 50.2 Å². The van der Waals surface area contributed by atoms with Crippen LogP contribution in [0.4, 0.5) is 17.1 Å². The van der Waals surface area contributed by atoms with Gasteiger partial charge in [-0.3, -0.25) is 0 Å². The molecule has 10 aromatic carbocycles. The summed E-state index contributed by atoms with van der Waals surface area (Å²) >= 11 is 1.90. The zero-order valence-corrected chi connectivity index (χ0v) is 37.6. The van der Waals surface area contributed by atoms with Gasteiger partial charge in [-0.05, 0) is 117 Å². The topological polar surface area (TPSA) is 8.17 Å². The summed E-state index contributed by atoms with van der Waals surface area (Å²) in [4.78, 5) is 2.45. The van der Waals surface area contributed by atoms with Crippen LogP contribution in [-0.2, 0) is 5.41 Å². The second-order valence-electron chi connectivity index (χ2n) is 18.1. The molecule has 0 fully saturated rings. The molecule has 0 saturated heterocycles. The van der Waals surface area contributed by atoms with Crippen molar-refractivity contribution < 1.29 is 0 Å². The van der Waals surface area contributed by atoms with Gasteiger partial charge in [0.1, 0.15) is 0 Å². The predicted octanol–water partition coefficient (Wildman–Crippen LogP) is 17.9. The Labute approximate surface area is 388 Å². The van der Waals surface area contributed by atoms with Crippen LogP contribution in [0.2, 0.25) is 0 Å². The number of aromatic nitrogens is 1. The minimum atomic E-state index is -0.128. The number of fused-ring (bicyclic) bond motifs is 10. The molecule has 2 nitrogen and oxygen atoms in total. The van der Waals surface area contributed by atoms with Crippen LogP contribution >= 0.6 is 11.3 Å². The van der Waals surface area contributed by atoms with Crippen molar-refractivity contribution >= 4 is 70.4 Å². The molecule has 13 rings (SSSR count). The van der Waals surface area contributed by atoms with Gasteiger partial charge in [0.25, 0.3) is 0 Å². The Balaban J connectivity index is 1.03. The zero-order valence-electron chi connectivity index (χ0n) is 36.7. The van der Waals surface area contributed by atoms with Gasteiger partial charge in [0.2, 0.25) is 0 Å². The van der Waals surface area contributed by atoms with E-state index in [4.69, 9.17) is 0 Å². The second kappa shape index (κ2) is 15.1. The van der Waals surface area contributed by atoms with Gasteiger partial charge in [-0.2, -0.15) is 0 Å². The fourth-order valence-corrected chi connectivity index (χ4v) is 12.0. The Morgan fingerprint density at radius 1 is 0.394 bits per heavy atom. The number of rotatable bonds is 7. The van der Waals surface area contributed by atoms with Crippen LogP contribution in [0.5, 0.6) is 0 Å². The summed E-state index contributed by atoms with van der Waals surface area (Å²) in [6.07, 6.45) is 0. The minimum absolute atomic E-state index is 0.128. The van der Waals surface area contributed by atoms with Gasteiger partial charge in [0.05, 0.1) is 11.0 Å². The SMILES string of the molecule is CC1(C)c2ccccc2-c2ccc(N(c3ccc(-c4ccccc4)cc3)c3cccc(-c4cc5c6ccccc6n(-c6cccc(-c7ccccc7)c6)c5c5c4sc4ccccc45)c3)cc21. The van der Waals surface area contributed by atoms with Gasteiger partial charge in [0, 0.05) is 64.7 Å². The van der Waals surface area contributed by atoms with Gasteiger partial charge < -0.3 is 9.47 Å². The quantitative estimate of drug-likeness (QED) is 0.155. The molecule has 0 unspecified atom stereocenters. The first kappa shape index (κ1) is 38.5. The number of hydrogen-bond acceptors (Lipinski definition) is 2. The standard InChI is InChI=1S/C63H44N2S/c1-63(2)56-28-12-9-25-50(56)51-36-35-49(39-57(51)63)64(46-33-31-43(32-34-46)41-17-5-3-6-18-41)47-23-16-22-45(38-47)54-40-55-52-26-10-13-29-58(52)65(48-24-15-21-44(37-48)42-19-7-4-8-20-42)61(55)60-53-27-11-14-30-59(53)66-62(54)60/h3-40H,1-2H3. The van der Waals surface area contributed by atoms with Gasteiger partial charge in [-0.25, -0.2) is 0 Å². The Morgan fingerprint density at radius 3 is 1.82 bits per heavy atom. The van der Waals surface area contributed by atoms with Crippen LogP contribution in [0.25, 0.3) is 92.2 Å². The Kier molecular flexibility index (Phi) is 8.78. The first-order valence-corrected chi connectivity index (χ1v) is 23.6. The summed E-state index contributed by atoms with van der Waals surface area (Å²) < 4.78 is 5.09. The van der Waals surface area contributed by atoms with Gasteiger partial charge in [0.15, 0.2) is 0 Å². The summed E-state index contributed by atoms with van der Waals surface area (Å²) in [6, 6.07) is 85.0. The number of anilines is 3. The number of benzene rings is 10. The molecule has 0 bridgehead atoms. The van der Waals surface area contributed by atoms with E-state index in [1.54, 1.807) is 0 Å². The smallest absolute Gasteiger partial charge is 0.0634 e. The third kappa shape index (κ3) is 6.01. The molecule has 1 aliphatic rings. The van der Waals surface area contributed by atoms with Crippen molar-refractivity contribution in [3.63, 3.8) is 0 Å². The summed E-state index contributed by atoms with van der Waals surface area (Å²) in [6.45, 7) is 4.73. The van der Waals surface area contributed by atoms with E-state index in [1.807, 2.05) is 11.3 Å². The molecule has 66 heavy (non-hydrogen) atoms. The highest BCUT2D eigenvalue weighted by Gasteiger charge is 2.36. The molecule has 0 atom stereocenters. The highest BCUT2D eigenvalue weighted by molar-refractivity contribution is 7.26. The molecule has 0 N–H and O–H groups in total. The van der Waals surface area contributed by atoms with Gasteiger partial charge >= 0.3 is 0 Å². The lowest BCUT2D eigenvalue weighted by Crippen LogP contribution is -2.16. The fraction of sp³-hybridized carbons (Fsp3) is 0.0476. The molecule has 3 heteroatoms. The van der Waals surface area contributed by atoms with Crippen LogP contribution in [0, 0.1) is 0 Å². The average molecular weight is 861 g/mol. The highest BCUT2D eigenvalue weighted by atomic mass is 32.1. The summed E-state index contributed by atoms with van der Waals surface area (Å²) in [7, 11) is 0. The maximum absolute atomic E-state index is 2.51. The van der Waals surface area contributed by atoms with Crippen LogP contribution < -0.4 is 4.90 Å². The summed E-state index contributed by atoms with van der Waals surface area (Å²) in [5.41, 5.74) is 19.5. The number of para-hydroxylation sites is 1. The number of thiophene rings is 1. The van der Waals surface area contributed by atoms with E-state index in [9.17, 15) is 0 Å². The zero-order chi connectivity index (χ0) is 43.9. The Bertz CT molecular complexity index is 3840. The van der Waals surface area contributed by atoms with E-state index in [0.29, 0.717) is 0 Å². The maximum atomic E-state index is 2.51. The van der Waals surface area contributed by atoms with E-state index in [0.717, 1.165) is 22.7 Å². The molecule has 0 amide bonds. The monoisotopic (exact) mass is 860 g/mol. The first-order valence-electron chi connectivity index (χ1n) is 22.8. The summed E-state index contributed by atoms with van der Waals surface area (Å²) in [5.74, 6) is 0. The lowest BCUT2D eigenvalue weighted by molar-refractivity contribution is 0.660. The van der Waals surface area contributed by atoms with E-state index >= 15 is 0 Å². The molecule has 0 aliphatic heterocycles. The van der Waals surface area contributed by atoms with Crippen molar-refractivity contribution in [1.29, 1.82) is 0 Å². The van der Waals surface area contributed by atoms with Crippen LogP contribution in [0.3, 0.4) is 0 Å². The van der Waals surface area contributed by atoms with Crippen LogP contribution in [-0.4, -0.2) is 4.57 Å². The third-order valence-electron chi connectivity index (χ3n) is 14.0. The molecule has 2 heterocycles. The Hall–Kier alpha value is -7.98. The number of nitrogens with zero attached hydrogens (tertiary/aromatic N) is 2. The van der Waals surface area contributed by atoms with E-state index in [1.165, 1.54) is 97.6 Å². The molecule has 12 aromatic rings.